The highest BCUT2D eigenvalue weighted by Crippen LogP contribution is 2.20. The van der Waals surface area contributed by atoms with Gasteiger partial charge in [-0.1, -0.05) is 13.8 Å². The molecule has 1 heterocycles. The quantitative estimate of drug-likeness (QED) is 0.660. The fourth-order valence-electron chi connectivity index (χ4n) is 1.83. The molecule has 2 nitrogen and oxygen atoms in total. The van der Waals surface area contributed by atoms with Crippen LogP contribution in [0.15, 0.2) is 0 Å². The molecule has 1 aliphatic rings. The van der Waals surface area contributed by atoms with E-state index in [1.54, 1.807) is 0 Å². The van der Waals surface area contributed by atoms with Crippen LogP contribution in [-0.2, 0) is 0 Å². The lowest BCUT2D eigenvalue weighted by atomic mass is 9.96. The molecule has 1 aliphatic heterocycles. The Bertz CT molecular complexity index is 106. The Labute approximate surface area is 69.2 Å². The third-order valence-electron chi connectivity index (χ3n) is 2.70. The first-order valence-electron chi connectivity index (χ1n) is 4.66. The van der Waals surface area contributed by atoms with Gasteiger partial charge < -0.3 is 5.11 Å². The summed E-state index contributed by atoms with van der Waals surface area (Å²) in [7, 11) is 0. The van der Waals surface area contributed by atoms with Crippen molar-refractivity contribution in [2.75, 3.05) is 19.7 Å². The van der Waals surface area contributed by atoms with Crippen molar-refractivity contribution in [3.63, 3.8) is 0 Å². The Balaban J connectivity index is 2.19. The summed E-state index contributed by atoms with van der Waals surface area (Å²) in [5.74, 6) is 0.565. The smallest absolute Gasteiger partial charge is 0.0483 e. The van der Waals surface area contributed by atoms with Crippen molar-refractivity contribution < 1.29 is 5.11 Å². The minimum atomic E-state index is 0.372. The van der Waals surface area contributed by atoms with E-state index in [1.807, 2.05) is 0 Å². The van der Waals surface area contributed by atoms with E-state index in [0.717, 1.165) is 19.1 Å². The summed E-state index contributed by atoms with van der Waals surface area (Å²) in [4.78, 5) is 2.47. The predicted octanol–water partition coefficient (Wildman–Crippen LogP) is 1.10. The molecule has 0 unspecified atom stereocenters. The molecule has 1 rings (SSSR count). The topological polar surface area (TPSA) is 23.5 Å². The van der Waals surface area contributed by atoms with E-state index in [0.29, 0.717) is 12.5 Å². The number of rotatable bonds is 4. The first-order chi connectivity index (χ1) is 5.31. The monoisotopic (exact) mass is 157 g/mol. The summed E-state index contributed by atoms with van der Waals surface area (Å²) in [5.41, 5.74) is 0. The summed E-state index contributed by atoms with van der Waals surface area (Å²) in [6.45, 7) is 7.07. The lowest BCUT2D eigenvalue weighted by Crippen LogP contribution is -2.52. The Hall–Kier alpha value is -0.0800. The maximum absolute atomic E-state index is 8.80. The van der Waals surface area contributed by atoms with Gasteiger partial charge in [0, 0.05) is 31.7 Å². The summed E-state index contributed by atoms with van der Waals surface area (Å²) in [5, 5.41) is 8.80. The van der Waals surface area contributed by atoms with Gasteiger partial charge in [-0.05, 0) is 12.8 Å². The van der Waals surface area contributed by atoms with Gasteiger partial charge in [-0.3, -0.25) is 4.90 Å². The molecule has 0 aromatic heterocycles. The molecule has 0 bridgehead atoms. The highest BCUT2D eigenvalue weighted by Gasteiger charge is 2.29. The highest BCUT2D eigenvalue weighted by atomic mass is 16.3. The highest BCUT2D eigenvalue weighted by molar-refractivity contribution is 4.83. The van der Waals surface area contributed by atoms with Crippen LogP contribution in [0.2, 0.25) is 0 Å². The first-order valence-corrected chi connectivity index (χ1v) is 4.66. The third kappa shape index (κ3) is 1.94. The molecule has 0 aromatic carbocycles. The van der Waals surface area contributed by atoms with Crippen molar-refractivity contribution in [2.45, 2.75) is 32.7 Å². The van der Waals surface area contributed by atoms with E-state index in [9.17, 15) is 0 Å². The second kappa shape index (κ2) is 4.07. The van der Waals surface area contributed by atoms with Crippen LogP contribution in [0.4, 0.5) is 0 Å². The van der Waals surface area contributed by atoms with Gasteiger partial charge >= 0.3 is 0 Å². The van der Waals surface area contributed by atoms with Crippen LogP contribution in [0, 0.1) is 5.92 Å². The zero-order chi connectivity index (χ0) is 8.27. The van der Waals surface area contributed by atoms with Gasteiger partial charge in [0.1, 0.15) is 0 Å². The summed E-state index contributed by atoms with van der Waals surface area (Å²) >= 11 is 0. The standard InChI is InChI=1S/C9H19NO/c1-3-9(4-2)10-5-8(6-10)7-11/h8-9,11H,3-7H2,1-2H3. The van der Waals surface area contributed by atoms with E-state index in [-0.39, 0.29) is 0 Å². The van der Waals surface area contributed by atoms with Crippen LogP contribution in [0.5, 0.6) is 0 Å². The molecule has 11 heavy (non-hydrogen) atoms. The summed E-state index contributed by atoms with van der Waals surface area (Å²) in [6, 6.07) is 0.762. The van der Waals surface area contributed by atoms with Crippen molar-refractivity contribution in [3.05, 3.63) is 0 Å². The van der Waals surface area contributed by atoms with Gasteiger partial charge in [-0.25, -0.2) is 0 Å². The largest absolute Gasteiger partial charge is 0.396 e. The Morgan fingerprint density at radius 1 is 1.36 bits per heavy atom. The van der Waals surface area contributed by atoms with Gasteiger partial charge in [0.25, 0.3) is 0 Å². The SMILES string of the molecule is CCC(CC)N1CC(CO)C1. The van der Waals surface area contributed by atoms with Crippen molar-refractivity contribution in [3.8, 4) is 0 Å². The van der Waals surface area contributed by atoms with Crippen molar-refractivity contribution in [2.24, 2.45) is 5.92 Å². The average Bonchev–Trinajstić information content (AvgIpc) is 1.95. The molecule has 1 fully saturated rings. The molecule has 0 amide bonds. The molecule has 0 saturated carbocycles. The van der Waals surface area contributed by atoms with Gasteiger partial charge in [-0.15, -0.1) is 0 Å². The number of hydrogen-bond acceptors (Lipinski definition) is 2. The maximum atomic E-state index is 8.80. The zero-order valence-electron chi connectivity index (χ0n) is 7.58. The van der Waals surface area contributed by atoms with E-state index in [2.05, 4.69) is 18.7 Å². The van der Waals surface area contributed by atoms with E-state index < -0.39 is 0 Å². The molecule has 0 aromatic rings. The molecular weight excluding hydrogens is 138 g/mol. The first kappa shape index (κ1) is 9.01. The number of aliphatic hydroxyl groups is 1. The molecule has 0 aliphatic carbocycles. The van der Waals surface area contributed by atoms with Crippen LogP contribution < -0.4 is 0 Å². The molecule has 0 atom stereocenters. The fourth-order valence-corrected chi connectivity index (χ4v) is 1.83. The minimum Gasteiger partial charge on any atom is -0.396 e. The third-order valence-corrected chi connectivity index (χ3v) is 2.70. The minimum absolute atomic E-state index is 0.372. The molecule has 0 radical (unpaired) electrons. The van der Waals surface area contributed by atoms with E-state index in [4.69, 9.17) is 5.11 Å². The summed E-state index contributed by atoms with van der Waals surface area (Å²) in [6.07, 6.45) is 2.49. The number of hydrogen-bond donors (Lipinski definition) is 1. The van der Waals surface area contributed by atoms with Gasteiger partial charge in [0.05, 0.1) is 0 Å². The summed E-state index contributed by atoms with van der Waals surface area (Å²) < 4.78 is 0. The van der Waals surface area contributed by atoms with Crippen molar-refractivity contribution in [1.82, 2.24) is 4.90 Å². The number of aliphatic hydroxyl groups excluding tert-OH is 1. The maximum Gasteiger partial charge on any atom is 0.0483 e. The van der Waals surface area contributed by atoms with E-state index in [1.165, 1.54) is 12.8 Å². The van der Waals surface area contributed by atoms with Crippen LogP contribution in [0.1, 0.15) is 26.7 Å². The Morgan fingerprint density at radius 2 is 1.91 bits per heavy atom. The normalized spacial score (nSPS) is 20.7. The van der Waals surface area contributed by atoms with Crippen molar-refractivity contribution >= 4 is 0 Å². The van der Waals surface area contributed by atoms with Crippen LogP contribution in [0.25, 0.3) is 0 Å². The Morgan fingerprint density at radius 3 is 2.27 bits per heavy atom. The van der Waals surface area contributed by atoms with Crippen LogP contribution in [-0.4, -0.2) is 35.7 Å². The lowest BCUT2D eigenvalue weighted by Gasteiger charge is -2.43. The van der Waals surface area contributed by atoms with Gasteiger partial charge in [0.2, 0.25) is 0 Å². The molecule has 2 heteroatoms. The molecular formula is C9H19NO. The second-order valence-electron chi connectivity index (χ2n) is 3.47. The van der Waals surface area contributed by atoms with Gasteiger partial charge in [0.15, 0.2) is 0 Å². The average molecular weight is 157 g/mol. The van der Waals surface area contributed by atoms with Crippen LogP contribution in [0.3, 0.4) is 0 Å². The number of nitrogens with zero attached hydrogens (tertiary/aromatic N) is 1. The molecule has 0 spiro atoms. The number of likely N-dealkylation sites (tertiary alicyclic amines) is 1. The van der Waals surface area contributed by atoms with Crippen molar-refractivity contribution in [1.29, 1.82) is 0 Å². The molecule has 1 saturated heterocycles. The molecule has 66 valence electrons. The fraction of sp³-hybridized carbons (Fsp3) is 1.00. The second-order valence-corrected chi connectivity index (χ2v) is 3.47. The van der Waals surface area contributed by atoms with E-state index >= 15 is 0 Å². The zero-order valence-corrected chi connectivity index (χ0v) is 7.58. The van der Waals surface area contributed by atoms with Gasteiger partial charge in [-0.2, -0.15) is 0 Å². The predicted molar refractivity (Wildman–Crippen MR) is 46.5 cm³/mol. The Kier molecular flexibility index (Phi) is 3.34. The molecule has 1 N–H and O–H groups in total. The van der Waals surface area contributed by atoms with Crippen LogP contribution >= 0.6 is 0 Å². The lowest BCUT2D eigenvalue weighted by molar-refractivity contribution is 0.0169.